The third kappa shape index (κ3) is 9.53. The number of esters is 2. The van der Waals surface area contributed by atoms with Crippen LogP contribution >= 0.6 is 0 Å². The molecule has 0 heterocycles. The maximum atomic E-state index is 12.6. The number of ether oxygens (including phenoxy) is 2. The Morgan fingerprint density at radius 3 is 1.62 bits per heavy atom. The number of unbranched alkanes of at least 4 members (excludes halogenated alkanes) is 5. The van der Waals surface area contributed by atoms with Crippen LogP contribution in [-0.4, -0.2) is 11.9 Å². The van der Waals surface area contributed by atoms with Crippen molar-refractivity contribution in [3.63, 3.8) is 0 Å². The van der Waals surface area contributed by atoms with Crippen molar-refractivity contribution in [1.29, 1.82) is 0 Å². The van der Waals surface area contributed by atoms with E-state index >= 15 is 0 Å². The van der Waals surface area contributed by atoms with Crippen molar-refractivity contribution in [2.24, 2.45) is 5.92 Å². The number of aryl methyl sites for hydroxylation is 1. The molecule has 1 unspecified atom stereocenters. The van der Waals surface area contributed by atoms with Crippen molar-refractivity contribution >= 4 is 11.9 Å². The highest BCUT2D eigenvalue weighted by Crippen LogP contribution is 2.19. The largest absolute Gasteiger partial charge is 0.423 e. The van der Waals surface area contributed by atoms with Crippen molar-refractivity contribution in [3.05, 3.63) is 95.1 Å². The molecule has 0 amide bonds. The Kier molecular flexibility index (Phi) is 11.4. The van der Waals surface area contributed by atoms with Gasteiger partial charge in [0.1, 0.15) is 11.5 Å². The molecule has 196 valence electrons. The Bertz CT molecular complexity index is 1100. The van der Waals surface area contributed by atoms with Gasteiger partial charge in [0.05, 0.1) is 11.1 Å². The lowest BCUT2D eigenvalue weighted by atomic mass is 9.98. The van der Waals surface area contributed by atoms with E-state index in [0.717, 1.165) is 19.3 Å². The highest BCUT2D eigenvalue weighted by Gasteiger charge is 2.12. The summed E-state index contributed by atoms with van der Waals surface area (Å²) in [5, 5.41) is 0. The van der Waals surface area contributed by atoms with E-state index in [1.54, 1.807) is 36.4 Å². The lowest BCUT2D eigenvalue weighted by Gasteiger charge is -2.09. The van der Waals surface area contributed by atoms with Gasteiger partial charge in [-0.1, -0.05) is 83.6 Å². The summed E-state index contributed by atoms with van der Waals surface area (Å²) < 4.78 is 11.0. The van der Waals surface area contributed by atoms with E-state index in [0.29, 0.717) is 28.5 Å². The molecule has 4 heteroatoms. The summed E-state index contributed by atoms with van der Waals surface area (Å²) in [4.78, 5) is 25.1. The summed E-state index contributed by atoms with van der Waals surface area (Å²) in [6.07, 6.45) is 10.8. The van der Waals surface area contributed by atoms with Crippen LogP contribution in [0.4, 0.5) is 0 Å². The Morgan fingerprint density at radius 1 is 0.622 bits per heavy atom. The Balaban J connectivity index is 1.46. The third-order valence-electron chi connectivity index (χ3n) is 6.72. The molecule has 3 rings (SSSR count). The van der Waals surface area contributed by atoms with E-state index in [4.69, 9.17) is 9.47 Å². The van der Waals surface area contributed by atoms with Crippen LogP contribution in [0.2, 0.25) is 0 Å². The summed E-state index contributed by atoms with van der Waals surface area (Å²) in [6, 6.07) is 21.7. The number of rotatable bonds is 14. The normalized spacial score (nSPS) is 11.6. The Hall–Kier alpha value is -3.40. The molecule has 0 aromatic heterocycles. The van der Waals surface area contributed by atoms with Gasteiger partial charge in [0.15, 0.2) is 0 Å². The first-order chi connectivity index (χ1) is 18.0. The molecule has 4 nitrogen and oxygen atoms in total. The molecule has 37 heavy (non-hydrogen) atoms. The highest BCUT2D eigenvalue weighted by molar-refractivity contribution is 5.92. The third-order valence-corrected chi connectivity index (χ3v) is 6.72. The van der Waals surface area contributed by atoms with Crippen LogP contribution in [0.5, 0.6) is 11.5 Å². The van der Waals surface area contributed by atoms with Crippen molar-refractivity contribution in [2.45, 2.75) is 78.6 Å². The zero-order valence-corrected chi connectivity index (χ0v) is 22.5. The van der Waals surface area contributed by atoms with Crippen molar-refractivity contribution in [3.8, 4) is 11.5 Å². The fourth-order valence-corrected chi connectivity index (χ4v) is 4.15. The van der Waals surface area contributed by atoms with Gasteiger partial charge in [-0.15, -0.1) is 0 Å². The van der Waals surface area contributed by atoms with Crippen LogP contribution in [-0.2, 0) is 12.8 Å². The average Bonchev–Trinajstić information content (AvgIpc) is 2.92. The first-order valence-electron chi connectivity index (χ1n) is 13.7. The van der Waals surface area contributed by atoms with Crippen LogP contribution in [0.15, 0.2) is 72.8 Å². The minimum atomic E-state index is -0.446. The maximum Gasteiger partial charge on any atom is 0.343 e. The minimum absolute atomic E-state index is 0.379. The van der Waals surface area contributed by atoms with Gasteiger partial charge in [0.25, 0.3) is 0 Å². The lowest BCUT2D eigenvalue weighted by molar-refractivity contribution is 0.0730. The van der Waals surface area contributed by atoms with E-state index in [1.165, 1.54) is 49.7 Å². The second-order valence-electron chi connectivity index (χ2n) is 9.88. The van der Waals surface area contributed by atoms with Gasteiger partial charge < -0.3 is 9.47 Å². The number of benzene rings is 3. The molecule has 0 saturated heterocycles. The monoisotopic (exact) mass is 500 g/mol. The molecular formula is C33H40O4. The zero-order valence-electron chi connectivity index (χ0n) is 22.5. The number of hydrogen-bond acceptors (Lipinski definition) is 4. The maximum absolute atomic E-state index is 12.6. The van der Waals surface area contributed by atoms with E-state index in [9.17, 15) is 9.59 Å². The molecule has 3 aromatic carbocycles. The summed E-state index contributed by atoms with van der Waals surface area (Å²) in [5.74, 6) is 0.635. The molecule has 0 fully saturated rings. The zero-order chi connectivity index (χ0) is 26.5. The minimum Gasteiger partial charge on any atom is -0.423 e. The lowest BCUT2D eigenvalue weighted by Crippen LogP contribution is -2.10. The summed E-state index contributed by atoms with van der Waals surface area (Å²) in [6.45, 7) is 6.63. The molecule has 3 aromatic rings. The Labute approximate surface area is 222 Å². The first kappa shape index (κ1) is 28.2. The predicted octanol–water partition coefficient (Wildman–Crippen LogP) is 8.62. The molecule has 0 spiro atoms. The van der Waals surface area contributed by atoms with Crippen molar-refractivity contribution in [1.82, 2.24) is 0 Å². The second-order valence-corrected chi connectivity index (χ2v) is 9.88. The molecule has 0 saturated carbocycles. The topological polar surface area (TPSA) is 52.6 Å². The molecule has 0 N–H and O–H groups in total. The van der Waals surface area contributed by atoms with Crippen LogP contribution in [0, 0.1) is 5.92 Å². The molecule has 0 aliphatic carbocycles. The van der Waals surface area contributed by atoms with E-state index in [1.807, 2.05) is 36.4 Å². The smallest absolute Gasteiger partial charge is 0.343 e. The van der Waals surface area contributed by atoms with Gasteiger partial charge in [-0.2, -0.15) is 0 Å². The van der Waals surface area contributed by atoms with Crippen LogP contribution in [0.1, 0.15) is 97.6 Å². The van der Waals surface area contributed by atoms with Gasteiger partial charge in [0.2, 0.25) is 0 Å². The molecule has 0 aliphatic rings. The standard InChI is InChI=1S/C33H40O4/c1-4-6-7-8-9-10-11-26-14-20-30(21-15-26)36-33(35)29-18-22-31(23-19-29)37-32(34)28-16-12-27(13-17-28)24-25(3)5-2/h12-23,25H,4-11,24H2,1-3H3. The van der Waals surface area contributed by atoms with Crippen LogP contribution < -0.4 is 9.47 Å². The molecule has 0 aliphatic heterocycles. The predicted molar refractivity (Wildman–Crippen MR) is 149 cm³/mol. The average molecular weight is 501 g/mol. The summed E-state index contributed by atoms with van der Waals surface area (Å²) in [5.41, 5.74) is 3.36. The fourth-order valence-electron chi connectivity index (χ4n) is 4.15. The van der Waals surface area contributed by atoms with Crippen molar-refractivity contribution < 1.29 is 19.1 Å². The fraction of sp³-hybridized carbons (Fsp3) is 0.394. The SMILES string of the molecule is CCCCCCCCc1ccc(OC(=O)c2ccc(OC(=O)c3ccc(CC(C)CC)cc3)cc2)cc1. The molecule has 1 atom stereocenters. The van der Waals surface area contributed by atoms with Gasteiger partial charge in [-0.25, -0.2) is 9.59 Å². The number of hydrogen-bond donors (Lipinski definition) is 0. The Morgan fingerprint density at radius 2 is 1.08 bits per heavy atom. The highest BCUT2D eigenvalue weighted by atomic mass is 16.5. The first-order valence-corrected chi connectivity index (χ1v) is 13.7. The van der Waals surface area contributed by atoms with Crippen LogP contribution in [0.3, 0.4) is 0 Å². The number of carbonyl (C=O) groups excluding carboxylic acids is 2. The van der Waals surface area contributed by atoms with Crippen molar-refractivity contribution in [2.75, 3.05) is 0 Å². The number of carbonyl (C=O) groups is 2. The van der Waals surface area contributed by atoms with Gasteiger partial charge in [0, 0.05) is 0 Å². The van der Waals surface area contributed by atoms with Gasteiger partial charge >= 0.3 is 11.9 Å². The van der Waals surface area contributed by atoms with E-state index in [2.05, 4.69) is 20.8 Å². The van der Waals surface area contributed by atoms with E-state index < -0.39 is 11.9 Å². The van der Waals surface area contributed by atoms with Crippen LogP contribution in [0.25, 0.3) is 0 Å². The second kappa shape index (κ2) is 15.0. The molecule has 0 bridgehead atoms. The summed E-state index contributed by atoms with van der Waals surface area (Å²) in [7, 11) is 0. The quantitative estimate of drug-likeness (QED) is 0.126. The van der Waals surface area contributed by atoms with Gasteiger partial charge in [-0.05, 0) is 84.8 Å². The molecular weight excluding hydrogens is 460 g/mol. The molecule has 0 radical (unpaired) electrons. The van der Waals surface area contributed by atoms with Gasteiger partial charge in [-0.3, -0.25) is 0 Å². The van der Waals surface area contributed by atoms with E-state index in [-0.39, 0.29) is 0 Å². The summed E-state index contributed by atoms with van der Waals surface area (Å²) >= 11 is 0.